The Kier molecular flexibility index (Phi) is 4.71. The lowest BCUT2D eigenvalue weighted by Crippen LogP contribution is -2.44. The van der Waals surface area contributed by atoms with E-state index >= 15 is 0 Å². The predicted octanol–water partition coefficient (Wildman–Crippen LogP) is 2.72. The first-order valence-corrected chi connectivity index (χ1v) is 8.30. The van der Waals surface area contributed by atoms with Crippen LogP contribution in [0.4, 0.5) is 0 Å². The molecule has 3 atom stereocenters. The lowest BCUT2D eigenvalue weighted by Gasteiger charge is -2.21. The van der Waals surface area contributed by atoms with Gasteiger partial charge in [-0.15, -0.1) is 0 Å². The molecule has 0 bridgehead atoms. The summed E-state index contributed by atoms with van der Waals surface area (Å²) in [5, 5.41) is 0.600. The number of ether oxygens (including phenoxy) is 1. The standard InChI is InChI=1S/C18H18ClNO4/c1-11(18(23)24-10-12-6-8-13(19)9-7-12)20-16(21)14-4-2-3-5-15(14)17(20)22/h2-3,6-9,11,14-15H,4-5,10H2,1H3/t11-,14+,15+/m0/s1. The largest absolute Gasteiger partial charge is 0.459 e. The second-order valence-electron chi connectivity index (χ2n) is 6.11. The maximum Gasteiger partial charge on any atom is 0.329 e. The van der Waals surface area contributed by atoms with Crippen molar-refractivity contribution in [1.82, 2.24) is 4.90 Å². The Morgan fingerprint density at radius 2 is 1.71 bits per heavy atom. The SMILES string of the molecule is C[C@@H](C(=O)OCc1ccc(Cl)cc1)N1C(=O)[C@@H]2CC=CC[C@H]2C1=O. The Labute approximate surface area is 145 Å². The van der Waals surface area contributed by atoms with Crippen LogP contribution >= 0.6 is 11.6 Å². The van der Waals surface area contributed by atoms with Gasteiger partial charge >= 0.3 is 5.97 Å². The Hall–Kier alpha value is -2.14. The summed E-state index contributed by atoms with van der Waals surface area (Å²) in [6, 6.07) is 6.01. The number of carbonyl (C=O) groups is 3. The number of likely N-dealkylation sites (tertiary alicyclic amines) is 1. The minimum atomic E-state index is -0.914. The van der Waals surface area contributed by atoms with Gasteiger partial charge in [0.2, 0.25) is 11.8 Å². The molecule has 5 nitrogen and oxygen atoms in total. The number of carbonyl (C=O) groups excluding carboxylic acids is 3. The van der Waals surface area contributed by atoms with Gasteiger partial charge in [-0.25, -0.2) is 4.79 Å². The van der Waals surface area contributed by atoms with Crippen molar-refractivity contribution in [1.29, 1.82) is 0 Å². The van der Waals surface area contributed by atoms with Crippen LogP contribution in [-0.4, -0.2) is 28.7 Å². The fourth-order valence-electron chi connectivity index (χ4n) is 3.17. The van der Waals surface area contributed by atoms with E-state index in [4.69, 9.17) is 16.3 Å². The zero-order chi connectivity index (χ0) is 17.3. The number of esters is 1. The molecule has 126 valence electrons. The van der Waals surface area contributed by atoms with Crippen LogP contribution in [0.2, 0.25) is 5.02 Å². The summed E-state index contributed by atoms with van der Waals surface area (Å²) in [4.78, 5) is 38.2. The molecule has 0 saturated carbocycles. The molecule has 1 saturated heterocycles. The van der Waals surface area contributed by atoms with E-state index in [0.717, 1.165) is 10.5 Å². The molecule has 0 spiro atoms. The molecule has 0 radical (unpaired) electrons. The average Bonchev–Trinajstić information content (AvgIpc) is 2.85. The molecule has 1 aliphatic heterocycles. The number of fused-ring (bicyclic) bond motifs is 1. The number of amides is 2. The predicted molar refractivity (Wildman–Crippen MR) is 87.9 cm³/mol. The van der Waals surface area contributed by atoms with Crippen LogP contribution in [0.1, 0.15) is 25.3 Å². The van der Waals surface area contributed by atoms with Gasteiger partial charge < -0.3 is 4.74 Å². The number of rotatable bonds is 4. The molecule has 1 fully saturated rings. The number of halogens is 1. The first kappa shape index (κ1) is 16.7. The van der Waals surface area contributed by atoms with Crippen molar-refractivity contribution >= 4 is 29.4 Å². The topological polar surface area (TPSA) is 63.7 Å². The lowest BCUT2D eigenvalue weighted by molar-refractivity contribution is -0.159. The van der Waals surface area contributed by atoms with Gasteiger partial charge in [-0.2, -0.15) is 0 Å². The second kappa shape index (κ2) is 6.77. The summed E-state index contributed by atoms with van der Waals surface area (Å²) in [5.41, 5.74) is 0.789. The van der Waals surface area contributed by atoms with Crippen LogP contribution in [0.5, 0.6) is 0 Å². The molecule has 3 rings (SSSR count). The molecule has 2 amide bonds. The van der Waals surface area contributed by atoms with E-state index < -0.39 is 12.0 Å². The van der Waals surface area contributed by atoms with Crippen LogP contribution in [0.3, 0.4) is 0 Å². The summed E-state index contributed by atoms with van der Waals surface area (Å²) < 4.78 is 5.25. The highest BCUT2D eigenvalue weighted by Crippen LogP contribution is 2.36. The summed E-state index contributed by atoms with van der Waals surface area (Å²) >= 11 is 5.81. The van der Waals surface area contributed by atoms with E-state index in [2.05, 4.69) is 0 Å². The van der Waals surface area contributed by atoms with Gasteiger partial charge in [0.05, 0.1) is 11.8 Å². The number of allylic oxidation sites excluding steroid dienone is 2. The molecule has 6 heteroatoms. The van der Waals surface area contributed by atoms with Crippen LogP contribution in [-0.2, 0) is 25.7 Å². The van der Waals surface area contributed by atoms with E-state index in [9.17, 15) is 14.4 Å². The smallest absolute Gasteiger partial charge is 0.329 e. The van der Waals surface area contributed by atoms with E-state index in [1.807, 2.05) is 12.2 Å². The van der Waals surface area contributed by atoms with Gasteiger partial charge in [-0.3, -0.25) is 14.5 Å². The highest BCUT2D eigenvalue weighted by Gasteiger charge is 2.50. The summed E-state index contributed by atoms with van der Waals surface area (Å²) in [6.07, 6.45) is 4.94. The van der Waals surface area contributed by atoms with Crippen molar-refractivity contribution < 1.29 is 19.1 Å². The minimum absolute atomic E-state index is 0.0744. The monoisotopic (exact) mass is 347 g/mol. The van der Waals surface area contributed by atoms with Crippen molar-refractivity contribution in [2.24, 2.45) is 11.8 Å². The van der Waals surface area contributed by atoms with E-state index in [1.54, 1.807) is 24.3 Å². The molecular formula is C18H18ClNO4. The van der Waals surface area contributed by atoms with Gasteiger partial charge in [0, 0.05) is 5.02 Å². The quantitative estimate of drug-likeness (QED) is 0.477. The molecule has 24 heavy (non-hydrogen) atoms. The minimum Gasteiger partial charge on any atom is -0.459 e. The Morgan fingerprint density at radius 3 is 2.25 bits per heavy atom. The number of benzene rings is 1. The fourth-order valence-corrected chi connectivity index (χ4v) is 3.29. The third-order valence-corrected chi connectivity index (χ3v) is 4.82. The average molecular weight is 348 g/mol. The number of imide groups is 1. The van der Waals surface area contributed by atoms with Crippen molar-refractivity contribution in [3.05, 3.63) is 47.0 Å². The molecular weight excluding hydrogens is 330 g/mol. The summed E-state index contributed by atoms with van der Waals surface area (Å²) in [7, 11) is 0. The number of hydrogen-bond acceptors (Lipinski definition) is 4. The van der Waals surface area contributed by atoms with Crippen molar-refractivity contribution in [2.45, 2.75) is 32.4 Å². The van der Waals surface area contributed by atoms with Crippen molar-refractivity contribution in [3.63, 3.8) is 0 Å². The molecule has 0 N–H and O–H groups in total. The normalized spacial score (nSPS) is 24.0. The molecule has 1 aromatic carbocycles. The fraction of sp³-hybridized carbons (Fsp3) is 0.389. The van der Waals surface area contributed by atoms with Crippen LogP contribution in [0.25, 0.3) is 0 Å². The Balaban J connectivity index is 1.64. The zero-order valence-electron chi connectivity index (χ0n) is 13.3. The van der Waals surface area contributed by atoms with E-state index in [1.165, 1.54) is 6.92 Å². The van der Waals surface area contributed by atoms with Crippen LogP contribution < -0.4 is 0 Å². The van der Waals surface area contributed by atoms with Gasteiger partial charge in [0.1, 0.15) is 12.6 Å². The van der Waals surface area contributed by atoms with E-state index in [0.29, 0.717) is 17.9 Å². The van der Waals surface area contributed by atoms with E-state index in [-0.39, 0.29) is 30.3 Å². The Bertz CT molecular complexity index is 671. The van der Waals surface area contributed by atoms with Crippen molar-refractivity contribution in [2.75, 3.05) is 0 Å². The maximum atomic E-state index is 12.5. The highest BCUT2D eigenvalue weighted by molar-refractivity contribution is 6.30. The zero-order valence-corrected chi connectivity index (χ0v) is 14.0. The second-order valence-corrected chi connectivity index (χ2v) is 6.55. The van der Waals surface area contributed by atoms with Crippen LogP contribution in [0.15, 0.2) is 36.4 Å². The molecule has 0 aromatic heterocycles. The van der Waals surface area contributed by atoms with Crippen LogP contribution in [0, 0.1) is 11.8 Å². The molecule has 2 aliphatic rings. The summed E-state index contributed by atoms with van der Waals surface area (Å²) in [6.45, 7) is 1.61. The van der Waals surface area contributed by atoms with Crippen molar-refractivity contribution in [3.8, 4) is 0 Å². The van der Waals surface area contributed by atoms with Gasteiger partial charge in [0.15, 0.2) is 0 Å². The molecule has 1 aromatic rings. The van der Waals surface area contributed by atoms with Gasteiger partial charge in [0.25, 0.3) is 0 Å². The summed E-state index contributed by atoms with van der Waals surface area (Å²) in [5.74, 6) is -1.81. The Morgan fingerprint density at radius 1 is 1.17 bits per heavy atom. The number of hydrogen-bond donors (Lipinski definition) is 0. The molecule has 0 unspecified atom stereocenters. The molecule has 1 heterocycles. The lowest BCUT2D eigenvalue weighted by atomic mass is 9.85. The maximum absolute atomic E-state index is 12.5. The number of nitrogens with zero attached hydrogens (tertiary/aromatic N) is 1. The third-order valence-electron chi connectivity index (χ3n) is 4.56. The van der Waals surface area contributed by atoms with Gasteiger partial charge in [-0.05, 0) is 37.5 Å². The van der Waals surface area contributed by atoms with Gasteiger partial charge in [-0.1, -0.05) is 35.9 Å². The highest BCUT2D eigenvalue weighted by atomic mass is 35.5. The first-order valence-electron chi connectivity index (χ1n) is 7.92. The third kappa shape index (κ3) is 3.08. The first-order chi connectivity index (χ1) is 11.5. The molecule has 1 aliphatic carbocycles.